The first kappa shape index (κ1) is 22.4. The van der Waals surface area contributed by atoms with Crippen LogP contribution >= 0.6 is 0 Å². The molecular formula is C27H30N2O5. The molecule has 0 spiro atoms. The lowest BCUT2D eigenvalue weighted by Gasteiger charge is -2.37. The molecule has 2 aromatic carbocycles. The van der Waals surface area contributed by atoms with E-state index in [2.05, 4.69) is 29.6 Å². The fourth-order valence-electron chi connectivity index (χ4n) is 5.49. The summed E-state index contributed by atoms with van der Waals surface area (Å²) in [6.07, 6.45) is 3.39. The molecule has 2 aliphatic carbocycles. The Hall–Kier alpha value is -3.35. The van der Waals surface area contributed by atoms with Crippen molar-refractivity contribution >= 4 is 18.0 Å². The molecule has 7 heteroatoms. The van der Waals surface area contributed by atoms with Crippen molar-refractivity contribution in [3.8, 4) is 11.1 Å². The van der Waals surface area contributed by atoms with Crippen LogP contribution in [0.1, 0.15) is 55.6 Å². The van der Waals surface area contributed by atoms with E-state index >= 15 is 0 Å². The molecule has 0 aromatic heterocycles. The highest BCUT2D eigenvalue weighted by molar-refractivity contribution is 5.87. The Morgan fingerprint density at radius 1 is 1.00 bits per heavy atom. The molecule has 0 bridgehead atoms. The van der Waals surface area contributed by atoms with Crippen molar-refractivity contribution in [1.29, 1.82) is 0 Å². The van der Waals surface area contributed by atoms with Gasteiger partial charge in [0.05, 0.1) is 11.8 Å². The highest BCUT2D eigenvalue weighted by Gasteiger charge is 2.53. The SMILES string of the molecule is O=C(O)CC1CCCCN1C(=O)C1(CNC(=O)OCC2c3ccccc3-c3ccccc32)CC1. The number of rotatable bonds is 7. The molecule has 2 fully saturated rings. The molecule has 0 radical (unpaired) electrons. The smallest absolute Gasteiger partial charge is 0.407 e. The third-order valence-corrected chi connectivity index (χ3v) is 7.52. The Balaban J connectivity index is 1.19. The maximum Gasteiger partial charge on any atom is 0.407 e. The second-order valence-corrected chi connectivity index (χ2v) is 9.71. The monoisotopic (exact) mass is 462 g/mol. The number of benzene rings is 2. The van der Waals surface area contributed by atoms with Crippen LogP contribution in [0.15, 0.2) is 48.5 Å². The number of hydrogen-bond donors (Lipinski definition) is 2. The number of carbonyl (C=O) groups is 3. The van der Waals surface area contributed by atoms with Gasteiger partial charge in [-0.1, -0.05) is 48.5 Å². The van der Waals surface area contributed by atoms with Crippen LogP contribution in [-0.4, -0.2) is 53.7 Å². The first-order valence-electron chi connectivity index (χ1n) is 12.1. The van der Waals surface area contributed by atoms with Crippen molar-refractivity contribution in [3.05, 3.63) is 59.7 Å². The van der Waals surface area contributed by atoms with Crippen molar-refractivity contribution < 1.29 is 24.2 Å². The number of amides is 2. The lowest BCUT2D eigenvalue weighted by Crippen LogP contribution is -2.50. The molecule has 5 rings (SSSR count). The van der Waals surface area contributed by atoms with Gasteiger partial charge in [-0.2, -0.15) is 0 Å². The van der Waals surface area contributed by atoms with Gasteiger partial charge in [0, 0.05) is 25.0 Å². The molecule has 2 N–H and O–H groups in total. The third kappa shape index (κ3) is 4.27. The van der Waals surface area contributed by atoms with Crippen LogP contribution in [0.3, 0.4) is 0 Å². The highest BCUT2D eigenvalue weighted by atomic mass is 16.5. The summed E-state index contributed by atoms with van der Waals surface area (Å²) < 4.78 is 5.61. The predicted octanol–water partition coefficient (Wildman–Crippen LogP) is 4.16. The summed E-state index contributed by atoms with van der Waals surface area (Å²) in [5, 5.41) is 12.0. The van der Waals surface area contributed by atoms with Crippen molar-refractivity contribution in [2.75, 3.05) is 19.7 Å². The Bertz CT molecular complexity index is 1060. The number of nitrogens with zero attached hydrogens (tertiary/aromatic N) is 1. The zero-order valence-corrected chi connectivity index (χ0v) is 19.2. The van der Waals surface area contributed by atoms with E-state index in [-0.39, 0.29) is 37.4 Å². The largest absolute Gasteiger partial charge is 0.481 e. The fourth-order valence-corrected chi connectivity index (χ4v) is 5.49. The number of fused-ring (bicyclic) bond motifs is 3. The van der Waals surface area contributed by atoms with Crippen LogP contribution in [-0.2, 0) is 14.3 Å². The van der Waals surface area contributed by atoms with Gasteiger partial charge in [-0.15, -0.1) is 0 Å². The zero-order valence-electron chi connectivity index (χ0n) is 19.2. The molecule has 1 heterocycles. The fraction of sp³-hybridized carbons (Fsp3) is 0.444. The second kappa shape index (κ2) is 9.12. The molecule has 1 saturated heterocycles. The predicted molar refractivity (Wildman–Crippen MR) is 126 cm³/mol. The lowest BCUT2D eigenvalue weighted by molar-refractivity contribution is -0.144. The average molecular weight is 463 g/mol. The molecule has 3 aliphatic rings. The van der Waals surface area contributed by atoms with E-state index in [1.165, 1.54) is 11.1 Å². The van der Waals surface area contributed by atoms with Crippen LogP contribution in [0.25, 0.3) is 11.1 Å². The van der Waals surface area contributed by atoms with Gasteiger partial charge in [0.25, 0.3) is 0 Å². The molecule has 178 valence electrons. The molecule has 34 heavy (non-hydrogen) atoms. The van der Waals surface area contributed by atoms with Gasteiger partial charge in [0.1, 0.15) is 6.61 Å². The summed E-state index contributed by atoms with van der Waals surface area (Å²) in [6.45, 7) is 1.04. The van der Waals surface area contributed by atoms with Crippen LogP contribution in [0.4, 0.5) is 4.79 Å². The van der Waals surface area contributed by atoms with E-state index in [1.807, 2.05) is 24.3 Å². The van der Waals surface area contributed by atoms with Crippen LogP contribution < -0.4 is 5.32 Å². The Morgan fingerprint density at radius 2 is 1.65 bits per heavy atom. The number of carboxylic acids is 1. The molecule has 1 saturated carbocycles. The minimum absolute atomic E-state index is 0.0141. The summed E-state index contributed by atoms with van der Waals surface area (Å²) >= 11 is 0. The number of aliphatic carboxylic acids is 1. The number of carboxylic acid groups (broad SMARTS) is 1. The van der Waals surface area contributed by atoms with Crippen LogP contribution in [0.2, 0.25) is 0 Å². The summed E-state index contributed by atoms with van der Waals surface area (Å²) in [4.78, 5) is 38.8. The van der Waals surface area contributed by atoms with Crippen molar-refractivity contribution in [3.63, 3.8) is 0 Å². The van der Waals surface area contributed by atoms with Gasteiger partial charge < -0.3 is 20.1 Å². The standard InChI is InChI=1S/C27H30N2O5/c30-24(31)15-18-7-5-6-14-29(18)25(32)27(12-13-27)17-28-26(33)34-16-23-21-10-3-1-8-19(21)20-9-2-4-11-22(20)23/h1-4,8-11,18,23H,5-7,12-17H2,(H,28,33)(H,30,31). The Morgan fingerprint density at radius 3 is 2.26 bits per heavy atom. The van der Waals surface area contributed by atoms with Gasteiger partial charge in [0.2, 0.25) is 5.91 Å². The second-order valence-electron chi connectivity index (χ2n) is 9.71. The van der Waals surface area contributed by atoms with E-state index in [1.54, 1.807) is 4.90 Å². The van der Waals surface area contributed by atoms with Crippen molar-refractivity contribution in [2.45, 2.75) is 50.5 Å². The van der Waals surface area contributed by atoms with E-state index in [4.69, 9.17) is 4.74 Å². The highest BCUT2D eigenvalue weighted by Crippen LogP contribution is 2.48. The maximum atomic E-state index is 13.3. The number of nitrogens with one attached hydrogen (secondary N) is 1. The maximum absolute atomic E-state index is 13.3. The van der Waals surface area contributed by atoms with E-state index < -0.39 is 17.5 Å². The number of carbonyl (C=O) groups excluding carboxylic acids is 2. The summed E-state index contributed by atoms with van der Waals surface area (Å²) in [5.74, 6) is -0.927. The molecule has 1 atom stereocenters. The van der Waals surface area contributed by atoms with Gasteiger partial charge in [-0.3, -0.25) is 9.59 Å². The quantitative estimate of drug-likeness (QED) is 0.644. The number of ether oxygens (including phenoxy) is 1. The van der Waals surface area contributed by atoms with E-state index in [0.717, 1.165) is 24.0 Å². The van der Waals surface area contributed by atoms with Crippen molar-refractivity contribution in [1.82, 2.24) is 10.2 Å². The summed E-state index contributed by atoms with van der Waals surface area (Å²) in [6, 6.07) is 16.1. The molecule has 1 aliphatic heterocycles. The van der Waals surface area contributed by atoms with Crippen LogP contribution in [0, 0.1) is 5.41 Å². The van der Waals surface area contributed by atoms with Crippen LogP contribution in [0.5, 0.6) is 0 Å². The zero-order chi connectivity index (χ0) is 23.7. The lowest BCUT2D eigenvalue weighted by atomic mass is 9.95. The van der Waals surface area contributed by atoms with Gasteiger partial charge in [-0.25, -0.2) is 4.79 Å². The average Bonchev–Trinajstić information content (AvgIpc) is 3.58. The summed E-state index contributed by atoms with van der Waals surface area (Å²) in [5.41, 5.74) is 4.03. The molecule has 2 aromatic rings. The van der Waals surface area contributed by atoms with Gasteiger partial charge >= 0.3 is 12.1 Å². The Labute approximate surface area is 199 Å². The van der Waals surface area contributed by atoms with Gasteiger partial charge in [-0.05, 0) is 54.4 Å². The molecule has 1 unspecified atom stereocenters. The number of hydrogen-bond acceptors (Lipinski definition) is 4. The number of piperidine rings is 1. The minimum atomic E-state index is -0.883. The normalized spacial score (nSPS) is 20.2. The first-order valence-corrected chi connectivity index (χ1v) is 12.1. The topological polar surface area (TPSA) is 95.9 Å². The first-order chi connectivity index (χ1) is 16.5. The Kier molecular flexibility index (Phi) is 6.02. The molecular weight excluding hydrogens is 432 g/mol. The summed E-state index contributed by atoms with van der Waals surface area (Å²) in [7, 11) is 0. The molecule has 2 amide bonds. The third-order valence-electron chi connectivity index (χ3n) is 7.52. The number of likely N-dealkylation sites (tertiary alicyclic amines) is 1. The molecule has 7 nitrogen and oxygen atoms in total. The number of alkyl carbamates (subject to hydrolysis) is 1. The van der Waals surface area contributed by atoms with Gasteiger partial charge in [0.15, 0.2) is 0 Å². The van der Waals surface area contributed by atoms with Crippen molar-refractivity contribution in [2.24, 2.45) is 5.41 Å². The van der Waals surface area contributed by atoms with E-state index in [9.17, 15) is 19.5 Å². The minimum Gasteiger partial charge on any atom is -0.481 e. The van der Waals surface area contributed by atoms with E-state index in [0.29, 0.717) is 25.8 Å².